The van der Waals surface area contributed by atoms with E-state index in [1.54, 1.807) is 6.07 Å². The van der Waals surface area contributed by atoms with E-state index in [0.717, 1.165) is 0 Å². The Balaban J connectivity index is 1.91. The maximum absolute atomic E-state index is 13.0. The molecule has 1 saturated heterocycles. The van der Waals surface area contributed by atoms with Crippen LogP contribution in [0, 0.1) is 0 Å². The van der Waals surface area contributed by atoms with Gasteiger partial charge >= 0.3 is 0 Å². The zero-order valence-corrected chi connectivity index (χ0v) is 14.6. The van der Waals surface area contributed by atoms with Gasteiger partial charge in [0.25, 0.3) is 10.0 Å². The molecule has 0 amide bonds. The fourth-order valence-corrected chi connectivity index (χ4v) is 4.23. The van der Waals surface area contributed by atoms with Crippen LogP contribution in [-0.4, -0.2) is 77.2 Å². The zero-order valence-electron chi connectivity index (χ0n) is 13.8. The van der Waals surface area contributed by atoms with E-state index in [1.165, 1.54) is 30.7 Å². The van der Waals surface area contributed by atoms with Gasteiger partial charge in [0.2, 0.25) is 5.96 Å². The number of rotatable bonds is 4. The van der Waals surface area contributed by atoms with Gasteiger partial charge in [-0.05, 0) is 12.1 Å². The first-order valence-corrected chi connectivity index (χ1v) is 9.14. The molecular formula is C15H21N3O5S. The summed E-state index contributed by atoms with van der Waals surface area (Å²) in [6, 6.07) is 4.59. The van der Waals surface area contributed by atoms with Crippen LogP contribution >= 0.6 is 0 Å². The highest BCUT2D eigenvalue weighted by molar-refractivity contribution is 7.89. The third-order valence-electron chi connectivity index (χ3n) is 4.02. The van der Waals surface area contributed by atoms with Gasteiger partial charge in [-0.2, -0.15) is 0 Å². The Hall–Kier alpha value is -2.00. The van der Waals surface area contributed by atoms with Gasteiger partial charge in [-0.1, -0.05) is 0 Å². The first kappa shape index (κ1) is 16.8. The second kappa shape index (κ2) is 6.86. The van der Waals surface area contributed by atoms with Crippen molar-refractivity contribution in [1.29, 1.82) is 0 Å². The maximum Gasteiger partial charge on any atom is 0.266 e. The molecule has 2 aliphatic heterocycles. The molecule has 0 spiro atoms. The predicted molar refractivity (Wildman–Crippen MR) is 88.1 cm³/mol. The first-order valence-electron chi connectivity index (χ1n) is 7.70. The van der Waals surface area contributed by atoms with E-state index < -0.39 is 10.0 Å². The summed E-state index contributed by atoms with van der Waals surface area (Å²) in [5.41, 5.74) is 0. The van der Waals surface area contributed by atoms with Crippen LogP contribution < -0.4 is 9.47 Å². The summed E-state index contributed by atoms with van der Waals surface area (Å²) >= 11 is 0. The fraction of sp³-hybridized carbons (Fsp3) is 0.533. The lowest BCUT2D eigenvalue weighted by atomic mass is 10.3. The van der Waals surface area contributed by atoms with Crippen molar-refractivity contribution < 1.29 is 22.6 Å². The standard InChI is InChI=1S/C15H21N3O5S/c1-21-13-4-3-12(11-14(13)22-2)24(19,20)18-6-5-16-15(18)17-7-9-23-10-8-17/h3-4,11H,5-10H2,1-2H3. The minimum atomic E-state index is -3.71. The summed E-state index contributed by atoms with van der Waals surface area (Å²) in [4.78, 5) is 6.50. The average molecular weight is 355 g/mol. The largest absolute Gasteiger partial charge is 0.493 e. The third-order valence-corrected chi connectivity index (χ3v) is 5.79. The van der Waals surface area contributed by atoms with Crippen molar-refractivity contribution in [3.8, 4) is 11.5 Å². The number of ether oxygens (including phenoxy) is 3. The lowest BCUT2D eigenvalue weighted by Gasteiger charge is -2.32. The van der Waals surface area contributed by atoms with Crippen LogP contribution in [0.3, 0.4) is 0 Å². The van der Waals surface area contributed by atoms with Crippen molar-refractivity contribution in [1.82, 2.24) is 9.21 Å². The Morgan fingerprint density at radius 2 is 1.79 bits per heavy atom. The quantitative estimate of drug-likeness (QED) is 0.778. The Morgan fingerprint density at radius 3 is 2.46 bits per heavy atom. The van der Waals surface area contributed by atoms with E-state index in [-0.39, 0.29) is 4.90 Å². The fourth-order valence-electron chi connectivity index (χ4n) is 2.77. The minimum Gasteiger partial charge on any atom is -0.493 e. The second-order valence-electron chi connectivity index (χ2n) is 5.38. The molecule has 0 atom stereocenters. The van der Waals surface area contributed by atoms with Crippen LogP contribution in [0.15, 0.2) is 28.1 Å². The average Bonchev–Trinajstić information content (AvgIpc) is 3.12. The van der Waals surface area contributed by atoms with Crippen LogP contribution in [0.1, 0.15) is 0 Å². The van der Waals surface area contributed by atoms with Gasteiger partial charge in [-0.3, -0.25) is 4.99 Å². The van der Waals surface area contributed by atoms with Gasteiger partial charge in [0, 0.05) is 19.2 Å². The molecule has 0 aromatic heterocycles. The van der Waals surface area contributed by atoms with Crippen molar-refractivity contribution in [3.05, 3.63) is 18.2 Å². The lowest BCUT2D eigenvalue weighted by molar-refractivity contribution is 0.0652. The molecule has 0 saturated carbocycles. The van der Waals surface area contributed by atoms with Crippen LogP contribution in [0.4, 0.5) is 0 Å². The van der Waals surface area contributed by atoms with Crippen LogP contribution in [0.2, 0.25) is 0 Å². The Morgan fingerprint density at radius 1 is 1.08 bits per heavy atom. The molecule has 24 heavy (non-hydrogen) atoms. The van der Waals surface area contributed by atoms with Crippen LogP contribution in [0.5, 0.6) is 11.5 Å². The molecule has 1 fully saturated rings. The molecule has 0 unspecified atom stereocenters. The van der Waals surface area contributed by atoms with Gasteiger partial charge in [0.15, 0.2) is 11.5 Å². The van der Waals surface area contributed by atoms with Crippen LogP contribution in [0.25, 0.3) is 0 Å². The number of methoxy groups -OCH3 is 2. The molecule has 0 aliphatic carbocycles. The van der Waals surface area contributed by atoms with Crippen molar-refractivity contribution in [2.75, 3.05) is 53.6 Å². The van der Waals surface area contributed by atoms with Gasteiger partial charge < -0.3 is 19.1 Å². The first-order chi connectivity index (χ1) is 11.6. The van der Waals surface area contributed by atoms with Crippen molar-refractivity contribution in [2.24, 2.45) is 4.99 Å². The van der Waals surface area contributed by atoms with Gasteiger partial charge in [0.1, 0.15) is 0 Å². The number of aliphatic imine (C=N–C) groups is 1. The smallest absolute Gasteiger partial charge is 0.266 e. The van der Waals surface area contributed by atoms with Crippen molar-refractivity contribution >= 4 is 16.0 Å². The van der Waals surface area contributed by atoms with E-state index >= 15 is 0 Å². The van der Waals surface area contributed by atoms with Gasteiger partial charge in [-0.15, -0.1) is 0 Å². The highest BCUT2D eigenvalue weighted by Gasteiger charge is 2.34. The lowest BCUT2D eigenvalue weighted by Crippen LogP contribution is -2.49. The number of sulfonamides is 1. The number of guanidine groups is 1. The summed E-state index contributed by atoms with van der Waals surface area (Å²) in [7, 11) is -0.724. The SMILES string of the molecule is COc1ccc(S(=O)(=O)N2CCN=C2N2CCOCC2)cc1OC. The molecule has 8 nitrogen and oxygen atoms in total. The van der Waals surface area contributed by atoms with E-state index in [0.29, 0.717) is 56.9 Å². The maximum atomic E-state index is 13.0. The summed E-state index contributed by atoms with van der Waals surface area (Å²) in [5, 5.41) is 0. The molecule has 9 heteroatoms. The number of benzene rings is 1. The normalized spacial score (nSPS) is 18.5. The summed E-state index contributed by atoms with van der Waals surface area (Å²) in [6.07, 6.45) is 0. The summed E-state index contributed by atoms with van der Waals surface area (Å²) in [5.74, 6) is 1.36. The van der Waals surface area contributed by atoms with Gasteiger partial charge in [-0.25, -0.2) is 12.7 Å². The molecular weight excluding hydrogens is 334 g/mol. The van der Waals surface area contributed by atoms with Crippen LogP contribution in [-0.2, 0) is 14.8 Å². The summed E-state index contributed by atoms with van der Waals surface area (Å²) < 4.78 is 43.2. The molecule has 0 N–H and O–H groups in total. The Bertz CT molecular complexity index is 729. The van der Waals surface area contributed by atoms with E-state index in [2.05, 4.69) is 4.99 Å². The summed E-state index contributed by atoms with van der Waals surface area (Å²) in [6.45, 7) is 3.21. The predicted octanol–water partition coefficient (Wildman–Crippen LogP) is 0.396. The van der Waals surface area contributed by atoms with Crippen molar-refractivity contribution in [3.63, 3.8) is 0 Å². The molecule has 2 heterocycles. The second-order valence-corrected chi connectivity index (χ2v) is 7.24. The van der Waals surface area contributed by atoms with Crippen molar-refractivity contribution in [2.45, 2.75) is 4.90 Å². The van der Waals surface area contributed by atoms with E-state index in [4.69, 9.17) is 14.2 Å². The monoisotopic (exact) mass is 355 g/mol. The number of hydrogen-bond donors (Lipinski definition) is 0. The van der Waals surface area contributed by atoms with Gasteiger partial charge in [0.05, 0.1) is 45.4 Å². The van der Waals surface area contributed by atoms with E-state index in [1.807, 2.05) is 4.90 Å². The minimum absolute atomic E-state index is 0.156. The Labute approximate surface area is 141 Å². The molecule has 2 aliphatic rings. The highest BCUT2D eigenvalue weighted by atomic mass is 32.2. The number of morpholine rings is 1. The molecule has 1 aromatic carbocycles. The molecule has 3 rings (SSSR count). The van der Waals surface area contributed by atoms with E-state index in [9.17, 15) is 8.42 Å². The zero-order chi connectivity index (χ0) is 17.2. The topological polar surface area (TPSA) is 80.7 Å². The molecule has 1 aromatic rings. The third kappa shape index (κ3) is 3.01. The number of nitrogens with zero attached hydrogens (tertiary/aromatic N) is 3. The highest BCUT2D eigenvalue weighted by Crippen LogP contribution is 2.31. The molecule has 0 radical (unpaired) electrons. The molecule has 132 valence electrons. The molecule has 0 bridgehead atoms. The Kier molecular flexibility index (Phi) is 4.81. The number of hydrogen-bond acceptors (Lipinski definition) is 7.